The predicted octanol–water partition coefficient (Wildman–Crippen LogP) is 5.04. The molecule has 0 aromatic heterocycles. The van der Waals surface area contributed by atoms with Crippen molar-refractivity contribution in [3.8, 4) is 0 Å². The van der Waals surface area contributed by atoms with E-state index < -0.39 is 0 Å². The quantitative estimate of drug-likeness (QED) is 0.523. The lowest BCUT2D eigenvalue weighted by atomic mass is 9.70. The van der Waals surface area contributed by atoms with Gasteiger partial charge in [-0.05, 0) is 18.9 Å². The van der Waals surface area contributed by atoms with Crippen LogP contribution in [-0.4, -0.2) is 3.42 Å². The number of allylic oxidation sites excluding steroid dienone is 4. The first-order chi connectivity index (χ1) is 7.96. The van der Waals surface area contributed by atoms with Crippen molar-refractivity contribution < 1.29 is 0 Å². The zero-order chi connectivity index (χ0) is 12.5. The molecular weight excluding hydrogens is 319 g/mol. The molecule has 2 rings (SSSR count). The maximum atomic E-state index is 2.61. The fraction of sp³-hybridized carbons (Fsp3) is 0.375. The Hall–Kier alpha value is -0.570. The van der Waals surface area contributed by atoms with E-state index in [1.165, 1.54) is 11.1 Å². The van der Waals surface area contributed by atoms with Crippen LogP contribution in [0.5, 0.6) is 0 Å². The molecule has 1 aromatic rings. The van der Waals surface area contributed by atoms with Crippen molar-refractivity contribution in [1.29, 1.82) is 0 Å². The number of alkyl halides is 1. The van der Waals surface area contributed by atoms with Gasteiger partial charge in [0.2, 0.25) is 0 Å². The maximum absolute atomic E-state index is 2.61. The molecule has 0 spiro atoms. The summed E-state index contributed by atoms with van der Waals surface area (Å²) in [6, 6.07) is 10.8. The van der Waals surface area contributed by atoms with Gasteiger partial charge in [-0.1, -0.05) is 90.6 Å². The molecule has 1 unspecified atom stereocenters. The summed E-state index contributed by atoms with van der Waals surface area (Å²) in [5, 5.41) is 0. The van der Waals surface area contributed by atoms with Crippen LogP contribution >= 0.6 is 22.6 Å². The average Bonchev–Trinajstić information content (AvgIpc) is 2.34. The largest absolute Gasteiger partial charge is 0.0799 e. The minimum Gasteiger partial charge on any atom is -0.0799 e. The molecule has 0 saturated carbocycles. The van der Waals surface area contributed by atoms with Gasteiger partial charge in [0.1, 0.15) is 0 Å². The molecule has 17 heavy (non-hydrogen) atoms. The number of hydrogen-bond donors (Lipinski definition) is 0. The summed E-state index contributed by atoms with van der Waals surface area (Å²) in [4.78, 5) is 0. The van der Waals surface area contributed by atoms with Crippen LogP contribution in [0, 0.1) is 0 Å². The summed E-state index contributed by atoms with van der Waals surface area (Å²) in [5.74, 6) is 0. The van der Waals surface area contributed by atoms with Gasteiger partial charge in [0.15, 0.2) is 0 Å². The third kappa shape index (κ3) is 2.35. The van der Waals surface area contributed by atoms with Crippen molar-refractivity contribution in [1.82, 2.24) is 0 Å². The molecule has 1 atom stereocenters. The van der Waals surface area contributed by atoms with Crippen LogP contribution in [0.25, 0.3) is 0 Å². The zero-order valence-corrected chi connectivity index (χ0v) is 12.9. The summed E-state index contributed by atoms with van der Waals surface area (Å²) in [6.07, 6.45) is 8.07. The molecule has 0 nitrogen and oxygen atoms in total. The monoisotopic (exact) mass is 338 g/mol. The molecule has 0 fully saturated rings. The number of benzene rings is 1. The van der Waals surface area contributed by atoms with Crippen molar-refractivity contribution in [2.75, 3.05) is 0 Å². The third-order valence-electron chi connectivity index (χ3n) is 3.87. The van der Waals surface area contributed by atoms with Crippen molar-refractivity contribution in [3.05, 3.63) is 59.7 Å². The van der Waals surface area contributed by atoms with Gasteiger partial charge in [-0.3, -0.25) is 0 Å². The van der Waals surface area contributed by atoms with Crippen LogP contribution in [0.3, 0.4) is 0 Å². The lowest BCUT2D eigenvalue weighted by Gasteiger charge is -2.42. The van der Waals surface area contributed by atoms with E-state index in [-0.39, 0.29) is 8.84 Å². The zero-order valence-electron chi connectivity index (χ0n) is 10.7. The highest BCUT2D eigenvalue weighted by molar-refractivity contribution is 14.1. The van der Waals surface area contributed by atoms with Crippen LogP contribution in [0.15, 0.2) is 54.1 Å². The normalized spacial score (nSPS) is 24.6. The Kier molecular flexibility index (Phi) is 3.48. The average molecular weight is 338 g/mol. The van der Waals surface area contributed by atoms with Crippen molar-refractivity contribution in [2.45, 2.75) is 36.0 Å². The molecule has 0 bridgehead atoms. The van der Waals surface area contributed by atoms with Crippen molar-refractivity contribution >= 4 is 22.6 Å². The molecule has 90 valence electrons. The van der Waals surface area contributed by atoms with E-state index in [0.29, 0.717) is 0 Å². The van der Waals surface area contributed by atoms with Gasteiger partial charge in [0.05, 0.1) is 3.42 Å². The first-order valence-corrected chi connectivity index (χ1v) is 7.14. The number of hydrogen-bond acceptors (Lipinski definition) is 0. The van der Waals surface area contributed by atoms with Gasteiger partial charge in [-0.2, -0.15) is 0 Å². The summed E-state index contributed by atoms with van der Waals surface area (Å²) >= 11 is 2.61. The lowest BCUT2D eigenvalue weighted by molar-refractivity contribution is 0.439. The minimum absolute atomic E-state index is 0.141. The molecule has 1 aromatic carbocycles. The highest BCUT2D eigenvalue weighted by Crippen LogP contribution is 2.47. The number of rotatable bonds is 2. The molecule has 1 aliphatic carbocycles. The molecule has 0 heterocycles. The molecule has 0 amide bonds. The fourth-order valence-electron chi connectivity index (χ4n) is 2.27. The minimum atomic E-state index is 0.141. The van der Waals surface area contributed by atoms with Crippen LogP contribution in [0.4, 0.5) is 0 Å². The molecular formula is C16H19I. The summed E-state index contributed by atoms with van der Waals surface area (Å²) in [6.45, 7) is 6.85. The van der Waals surface area contributed by atoms with Gasteiger partial charge in [0, 0.05) is 5.41 Å². The topological polar surface area (TPSA) is 0 Å². The van der Waals surface area contributed by atoms with Crippen LogP contribution in [0.2, 0.25) is 0 Å². The van der Waals surface area contributed by atoms with Crippen LogP contribution < -0.4 is 0 Å². The van der Waals surface area contributed by atoms with E-state index in [1.54, 1.807) is 0 Å². The Labute approximate surface area is 118 Å². The number of halogens is 1. The Morgan fingerprint density at radius 3 is 2.35 bits per heavy atom. The van der Waals surface area contributed by atoms with E-state index >= 15 is 0 Å². The maximum Gasteiger partial charge on any atom is 0.0529 e. The Morgan fingerprint density at radius 2 is 1.82 bits per heavy atom. The second-order valence-electron chi connectivity index (χ2n) is 5.34. The van der Waals surface area contributed by atoms with Crippen molar-refractivity contribution in [3.63, 3.8) is 0 Å². The van der Waals surface area contributed by atoms with Gasteiger partial charge < -0.3 is 0 Å². The van der Waals surface area contributed by atoms with Crippen LogP contribution in [-0.2, 0) is 5.41 Å². The molecule has 0 radical (unpaired) electrons. The third-order valence-corrected chi connectivity index (χ3v) is 6.01. The van der Waals surface area contributed by atoms with Gasteiger partial charge in [-0.15, -0.1) is 0 Å². The van der Waals surface area contributed by atoms with Gasteiger partial charge in [-0.25, -0.2) is 0 Å². The Balaban J connectivity index is 2.37. The first-order valence-electron chi connectivity index (χ1n) is 6.06. The Morgan fingerprint density at radius 1 is 1.18 bits per heavy atom. The second kappa shape index (κ2) is 4.60. The van der Waals surface area contributed by atoms with E-state index in [4.69, 9.17) is 0 Å². The second-order valence-corrected chi connectivity index (χ2v) is 7.26. The molecule has 0 aliphatic heterocycles. The highest BCUT2D eigenvalue weighted by atomic mass is 127. The molecule has 1 aliphatic rings. The van der Waals surface area contributed by atoms with Crippen LogP contribution in [0.1, 0.15) is 32.8 Å². The van der Waals surface area contributed by atoms with E-state index in [0.717, 1.165) is 6.42 Å². The predicted molar refractivity (Wildman–Crippen MR) is 83.7 cm³/mol. The highest BCUT2D eigenvalue weighted by Gasteiger charge is 2.41. The van der Waals surface area contributed by atoms with Gasteiger partial charge in [0.25, 0.3) is 0 Å². The summed E-state index contributed by atoms with van der Waals surface area (Å²) < 4.78 is 0.172. The first kappa shape index (κ1) is 12.9. The SMILES string of the molecule is CC1=CCC(I)(C(C)(C)c2ccccc2)C=C1. The summed E-state index contributed by atoms with van der Waals surface area (Å²) in [5.41, 5.74) is 2.93. The van der Waals surface area contributed by atoms with Crippen molar-refractivity contribution in [2.24, 2.45) is 0 Å². The standard InChI is InChI=1S/C16H19I/c1-13-9-11-16(17,12-10-13)15(2,3)14-7-5-4-6-8-14/h4-11H,12H2,1-3H3. The van der Waals surface area contributed by atoms with Gasteiger partial charge >= 0.3 is 0 Å². The molecule has 1 heteroatoms. The molecule has 0 saturated heterocycles. The van der Waals surface area contributed by atoms with E-state index in [9.17, 15) is 0 Å². The van der Waals surface area contributed by atoms with E-state index in [2.05, 4.69) is 91.9 Å². The molecule has 0 N–H and O–H groups in total. The lowest BCUT2D eigenvalue weighted by Crippen LogP contribution is -2.41. The Bertz CT molecular complexity index is 454. The van der Waals surface area contributed by atoms with E-state index in [1.807, 2.05) is 0 Å². The smallest absolute Gasteiger partial charge is 0.0529 e. The fourth-order valence-corrected chi connectivity index (χ4v) is 2.98. The summed E-state index contributed by atoms with van der Waals surface area (Å²) in [7, 11) is 0.